The van der Waals surface area contributed by atoms with Gasteiger partial charge in [0.1, 0.15) is 23.4 Å². The Morgan fingerprint density at radius 2 is 1.84 bits per heavy atom. The van der Waals surface area contributed by atoms with Gasteiger partial charge in [0.15, 0.2) is 0 Å². The Kier molecular flexibility index (Phi) is 5.51. The quantitative estimate of drug-likeness (QED) is 0.835. The maximum Gasteiger partial charge on any atom is 0.326 e. The number of carboxylic acids is 1. The van der Waals surface area contributed by atoms with E-state index in [-0.39, 0.29) is 23.3 Å². The summed E-state index contributed by atoms with van der Waals surface area (Å²) in [6, 6.07) is 4.98. The van der Waals surface area contributed by atoms with Crippen molar-refractivity contribution in [3.05, 3.63) is 41.7 Å². The summed E-state index contributed by atoms with van der Waals surface area (Å²) in [5.41, 5.74) is 0.177. The fourth-order valence-corrected chi connectivity index (χ4v) is 2.31. The van der Waals surface area contributed by atoms with Crippen LogP contribution in [0.15, 0.2) is 24.3 Å². The molecule has 0 saturated carbocycles. The molecule has 1 aromatic carbocycles. The lowest BCUT2D eigenvalue weighted by molar-refractivity contribution is -0.140. The summed E-state index contributed by atoms with van der Waals surface area (Å²) in [5, 5.41) is 15.7. The van der Waals surface area contributed by atoms with Crippen LogP contribution in [0.25, 0.3) is 5.69 Å². The van der Waals surface area contributed by atoms with Gasteiger partial charge in [-0.25, -0.2) is 18.9 Å². The number of carboxylic acid groups (broad SMARTS) is 1. The van der Waals surface area contributed by atoms with Crippen LogP contribution in [-0.2, 0) is 4.79 Å². The van der Waals surface area contributed by atoms with Crippen LogP contribution >= 0.6 is 0 Å². The van der Waals surface area contributed by atoms with Gasteiger partial charge in [-0.2, -0.15) is 0 Å². The molecule has 0 saturated heterocycles. The average molecular weight is 348 g/mol. The fourth-order valence-electron chi connectivity index (χ4n) is 2.31. The van der Waals surface area contributed by atoms with E-state index in [4.69, 9.17) is 0 Å². The molecule has 1 atom stereocenters. The van der Waals surface area contributed by atoms with Crippen molar-refractivity contribution in [2.45, 2.75) is 39.7 Å². The minimum absolute atomic E-state index is 0.117. The number of para-hydroxylation sites is 1. The molecule has 0 radical (unpaired) electrons. The van der Waals surface area contributed by atoms with E-state index in [9.17, 15) is 19.1 Å². The van der Waals surface area contributed by atoms with E-state index in [1.165, 1.54) is 16.8 Å². The Bertz CT molecular complexity index is 786. The molecule has 7 nitrogen and oxygen atoms in total. The van der Waals surface area contributed by atoms with Crippen molar-refractivity contribution in [3.63, 3.8) is 0 Å². The zero-order valence-electron chi connectivity index (χ0n) is 14.5. The third-order valence-electron chi connectivity index (χ3n) is 3.65. The Labute approximate surface area is 144 Å². The third kappa shape index (κ3) is 4.01. The SMILES string of the molecule is CC(C)c1nc(C(=O)N[C@@H](C(=O)O)C(C)C)nn1-c1ccccc1F. The van der Waals surface area contributed by atoms with Crippen LogP contribution in [0.3, 0.4) is 0 Å². The van der Waals surface area contributed by atoms with Crippen LogP contribution in [0, 0.1) is 11.7 Å². The molecule has 2 aromatic rings. The van der Waals surface area contributed by atoms with Crippen molar-refractivity contribution in [3.8, 4) is 5.69 Å². The number of hydrogen-bond donors (Lipinski definition) is 2. The summed E-state index contributed by atoms with van der Waals surface area (Å²) in [7, 11) is 0. The summed E-state index contributed by atoms with van der Waals surface area (Å²) in [4.78, 5) is 27.8. The van der Waals surface area contributed by atoms with Crippen molar-refractivity contribution in [2.24, 2.45) is 5.92 Å². The lowest BCUT2D eigenvalue weighted by Gasteiger charge is -2.16. The van der Waals surface area contributed by atoms with E-state index >= 15 is 0 Å². The first-order valence-corrected chi connectivity index (χ1v) is 7.97. The first-order chi connectivity index (χ1) is 11.7. The summed E-state index contributed by atoms with van der Waals surface area (Å²) in [5.74, 6) is -2.55. The molecule has 0 spiro atoms. The second kappa shape index (κ2) is 7.42. The zero-order valence-corrected chi connectivity index (χ0v) is 14.5. The highest BCUT2D eigenvalue weighted by Crippen LogP contribution is 2.19. The van der Waals surface area contributed by atoms with E-state index in [0.717, 1.165) is 0 Å². The average Bonchev–Trinajstić information content (AvgIpc) is 2.97. The summed E-state index contributed by atoms with van der Waals surface area (Å²) in [6.45, 7) is 7.06. The molecule has 2 rings (SSSR count). The van der Waals surface area contributed by atoms with Crippen LogP contribution in [0.4, 0.5) is 4.39 Å². The number of hydrogen-bond acceptors (Lipinski definition) is 4. The molecule has 0 aliphatic heterocycles. The first-order valence-electron chi connectivity index (χ1n) is 7.97. The summed E-state index contributed by atoms with van der Waals surface area (Å²) >= 11 is 0. The topological polar surface area (TPSA) is 97.1 Å². The number of aromatic nitrogens is 3. The number of rotatable bonds is 6. The highest BCUT2D eigenvalue weighted by atomic mass is 19.1. The molecule has 0 aliphatic carbocycles. The largest absolute Gasteiger partial charge is 0.480 e. The Morgan fingerprint density at radius 3 is 2.36 bits per heavy atom. The molecule has 1 aromatic heterocycles. The van der Waals surface area contributed by atoms with Gasteiger partial charge in [0, 0.05) is 5.92 Å². The minimum atomic E-state index is -1.14. The predicted molar refractivity (Wildman–Crippen MR) is 89.1 cm³/mol. The molecule has 25 heavy (non-hydrogen) atoms. The van der Waals surface area contributed by atoms with Crippen molar-refractivity contribution in [2.75, 3.05) is 0 Å². The molecular formula is C17H21FN4O3. The number of benzene rings is 1. The standard InChI is InChI=1S/C17H21FN4O3/c1-9(2)13(17(24)25)19-16(23)14-20-15(10(3)4)22(21-14)12-8-6-5-7-11(12)18/h5-10,13H,1-4H3,(H,19,23)(H,24,25)/t13-/m1/s1. The number of carbonyl (C=O) groups excluding carboxylic acids is 1. The molecule has 1 heterocycles. The van der Waals surface area contributed by atoms with Gasteiger partial charge in [-0.3, -0.25) is 4.79 Å². The van der Waals surface area contributed by atoms with E-state index in [2.05, 4.69) is 15.4 Å². The van der Waals surface area contributed by atoms with E-state index in [1.807, 2.05) is 13.8 Å². The smallest absolute Gasteiger partial charge is 0.326 e. The van der Waals surface area contributed by atoms with Gasteiger partial charge in [-0.15, -0.1) is 5.10 Å². The van der Waals surface area contributed by atoms with Crippen molar-refractivity contribution in [1.82, 2.24) is 20.1 Å². The van der Waals surface area contributed by atoms with Gasteiger partial charge in [0.2, 0.25) is 5.82 Å². The monoisotopic (exact) mass is 348 g/mol. The maximum atomic E-state index is 14.1. The van der Waals surface area contributed by atoms with Crippen LogP contribution in [0.5, 0.6) is 0 Å². The second-order valence-electron chi connectivity index (χ2n) is 6.34. The van der Waals surface area contributed by atoms with E-state index in [1.54, 1.807) is 26.0 Å². The van der Waals surface area contributed by atoms with Gasteiger partial charge in [-0.1, -0.05) is 39.8 Å². The van der Waals surface area contributed by atoms with Crippen LogP contribution < -0.4 is 5.32 Å². The second-order valence-corrected chi connectivity index (χ2v) is 6.34. The Balaban J connectivity index is 2.41. The number of nitrogens with zero attached hydrogens (tertiary/aromatic N) is 3. The van der Waals surface area contributed by atoms with Crippen LogP contribution in [0.2, 0.25) is 0 Å². The molecule has 0 fully saturated rings. The highest BCUT2D eigenvalue weighted by molar-refractivity contribution is 5.93. The van der Waals surface area contributed by atoms with Gasteiger partial charge in [0.25, 0.3) is 5.91 Å². The molecule has 0 unspecified atom stereocenters. The van der Waals surface area contributed by atoms with Crippen molar-refractivity contribution < 1.29 is 19.1 Å². The van der Waals surface area contributed by atoms with Crippen LogP contribution in [-0.4, -0.2) is 37.8 Å². The third-order valence-corrected chi connectivity index (χ3v) is 3.65. The number of amides is 1. The number of carbonyl (C=O) groups is 2. The molecular weight excluding hydrogens is 327 g/mol. The first kappa shape index (κ1) is 18.6. The summed E-state index contributed by atoms with van der Waals surface area (Å²) in [6.07, 6.45) is 0. The minimum Gasteiger partial charge on any atom is -0.480 e. The molecule has 0 bridgehead atoms. The van der Waals surface area contributed by atoms with Gasteiger partial charge >= 0.3 is 5.97 Å². The number of halogens is 1. The molecule has 134 valence electrons. The molecule has 2 N–H and O–H groups in total. The lowest BCUT2D eigenvalue weighted by Crippen LogP contribution is -2.44. The maximum absolute atomic E-state index is 14.1. The predicted octanol–water partition coefficient (Wildman–Crippen LogP) is 2.37. The van der Waals surface area contributed by atoms with Gasteiger partial charge in [0.05, 0.1) is 0 Å². The highest BCUT2D eigenvalue weighted by Gasteiger charge is 2.27. The number of nitrogens with one attached hydrogen (secondary N) is 1. The molecule has 1 amide bonds. The normalized spacial score (nSPS) is 12.4. The van der Waals surface area contributed by atoms with E-state index < -0.39 is 23.7 Å². The Hall–Kier alpha value is -2.77. The van der Waals surface area contributed by atoms with Crippen molar-refractivity contribution in [1.29, 1.82) is 0 Å². The van der Waals surface area contributed by atoms with Gasteiger partial charge in [-0.05, 0) is 18.1 Å². The summed E-state index contributed by atoms with van der Waals surface area (Å²) < 4.78 is 15.4. The number of aliphatic carboxylic acids is 1. The molecule has 0 aliphatic rings. The Morgan fingerprint density at radius 1 is 1.20 bits per heavy atom. The van der Waals surface area contributed by atoms with Gasteiger partial charge < -0.3 is 10.4 Å². The lowest BCUT2D eigenvalue weighted by atomic mass is 10.0. The zero-order chi connectivity index (χ0) is 18.7. The van der Waals surface area contributed by atoms with E-state index in [0.29, 0.717) is 5.82 Å². The molecule has 8 heteroatoms. The fraction of sp³-hybridized carbons (Fsp3) is 0.412. The van der Waals surface area contributed by atoms with Crippen LogP contribution in [0.1, 0.15) is 50.1 Å². The van der Waals surface area contributed by atoms with Crippen molar-refractivity contribution >= 4 is 11.9 Å².